The molecule has 28 heavy (non-hydrogen) atoms. The van der Waals surface area contributed by atoms with Gasteiger partial charge in [0.1, 0.15) is 11.4 Å². The minimum Gasteiger partial charge on any atom is -0.330 e. The summed E-state index contributed by atoms with van der Waals surface area (Å²) in [4.78, 5) is 23.1. The van der Waals surface area contributed by atoms with Crippen LogP contribution in [0.5, 0.6) is 0 Å². The number of hydrogen-bond donors (Lipinski definition) is 0. The van der Waals surface area contributed by atoms with Crippen molar-refractivity contribution in [2.45, 2.75) is 57.7 Å². The van der Waals surface area contributed by atoms with Crippen molar-refractivity contribution in [2.24, 2.45) is 5.41 Å². The van der Waals surface area contributed by atoms with Gasteiger partial charge in [-0.25, -0.2) is 4.98 Å². The highest BCUT2D eigenvalue weighted by Gasteiger charge is 2.58. The SMILES string of the molecule is CC1(C)CN(C(=O)C23CCCN2CCC3)C1c1nccn1Cc1ccccc1. The zero-order valence-corrected chi connectivity index (χ0v) is 17.0. The Balaban J connectivity index is 1.44. The normalized spacial score (nSPS) is 25.5. The van der Waals surface area contributed by atoms with Crippen molar-refractivity contribution in [1.29, 1.82) is 0 Å². The molecule has 148 valence electrons. The van der Waals surface area contributed by atoms with E-state index in [2.05, 4.69) is 58.7 Å². The third-order valence-corrected chi connectivity index (χ3v) is 7.12. The maximum atomic E-state index is 13.7. The van der Waals surface area contributed by atoms with E-state index in [1.807, 2.05) is 12.3 Å². The molecule has 5 nitrogen and oxygen atoms in total. The van der Waals surface area contributed by atoms with Crippen molar-refractivity contribution in [1.82, 2.24) is 19.4 Å². The number of carbonyl (C=O) groups excluding carboxylic acids is 1. The highest BCUT2D eigenvalue weighted by atomic mass is 16.2. The third-order valence-electron chi connectivity index (χ3n) is 7.12. The number of amides is 1. The Kier molecular flexibility index (Phi) is 4.13. The Bertz CT molecular complexity index is 862. The van der Waals surface area contributed by atoms with Crippen molar-refractivity contribution in [3.63, 3.8) is 0 Å². The van der Waals surface area contributed by atoms with E-state index in [0.29, 0.717) is 5.91 Å². The summed E-state index contributed by atoms with van der Waals surface area (Å²) >= 11 is 0. The molecule has 0 saturated carbocycles. The Morgan fingerprint density at radius 1 is 1.14 bits per heavy atom. The molecule has 1 amide bonds. The fourth-order valence-electron chi connectivity index (χ4n) is 5.81. The molecule has 4 heterocycles. The van der Waals surface area contributed by atoms with Crippen LogP contribution < -0.4 is 0 Å². The van der Waals surface area contributed by atoms with Gasteiger partial charge >= 0.3 is 0 Å². The molecule has 3 aliphatic heterocycles. The largest absolute Gasteiger partial charge is 0.330 e. The van der Waals surface area contributed by atoms with E-state index in [-0.39, 0.29) is 17.0 Å². The van der Waals surface area contributed by atoms with Gasteiger partial charge in [-0.15, -0.1) is 0 Å². The number of imidazole rings is 1. The number of nitrogens with zero attached hydrogens (tertiary/aromatic N) is 4. The van der Waals surface area contributed by atoms with E-state index >= 15 is 0 Å². The number of likely N-dealkylation sites (tertiary alicyclic amines) is 1. The molecule has 0 spiro atoms. The average Bonchev–Trinajstić information content (AvgIpc) is 3.37. The highest BCUT2D eigenvalue weighted by molar-refractivity contribution is 5.88. The zero-order chi connectivity index (χ0) is 19.4. The summed E-state index contributed by atoms with van der Waals surface area (Å²) in [5.41, 5.74) is 1.08. The first kappa shape index (κ1) is 17.9. The molecule has 3 aliphatic rings. The number of hydrogen-bond acceptors (Lipinski definition) is 3. The van der Waals surface area contributed by atoms with Crippen LogP contribution >= 0.6 is 0 Å². The number of fused-ring (bicyclic) bond motifs is 1. The zero-order valence-electron chi connectivity index (χ0n) is 17.0. The first-order chi connectivity index (χ1) is 13.5. The van der Waals surface area contributed by atoms with Gasteiger partial charge in [-0.2, -0.15) is 0 Å². The van der Waals surface area contributed by atoms with Crippen molar-refractivity contribution in [2.75, 3.05) is 19.6 Å². The molecule has 1 atom stereocenters. The Morgan fingerprint density at radius 2 is 1.86 bits per heavy atom. The molecule has 1 unspecified atom stereocenters. The lowest BCUT2D eigenvalue weighted by molar-refractivity contribution is -0.163. The minimum absolute atomic E-state index is 0.0497. The van der Waals surface area contributed by atoms with Crippen LogP contribution in [0.2, 0.25) is 0 Å². The lowest BCUT2D eigenvalue weighted by Gasteiger charge is -2.56. The fourth-order valence-corrected chi connectivity index (χ4v) is 5.81. The van der Waals surface area contributed by atoms with E-state index < -0.39 is 0 Å². The van der Waals surface area contributed by atoms with Crippen LogP contribution in [0.3, 0.4) is 0 Å². The summed E-state index contributed by atoms with van der Waals surface area (Å²) in [6.07, 6.45) is 8.27. The summed E-state index contributed by atoms with van der Waals surface area (Å²) in [5, 5.41) is 0. The molecule has 3 fully saturated rings. The van der Waals surface area contributed by atoms with Crippen molar-refractivity contribution < 1.29 is 4.79 Å². The van der Waals surface area contributed by atoms with Gasteiger partial charge in [0.05, 0.1) is 6.04 Å². The second-order valence-electron chi connectivity index (χ2n) is 9.45. The number of carbonyl (C=O) groups is 1. The second kappa shape index (κ2) is 6.45. The van der Waals surface area contributed by atoms with E-state index in [0.717, 1.165) is 57.7 Å². The van der Waals surface area contributed by atoms with Gasteiger partial charge in [0.15, 0.2) is 0 Å². The summed E-state index contributed by atoms with van der Waals surface area (Å²) in [5.74, 6) is 1.37. The molecule has 0 radical (unpaired) electrons. The molecular weight excluding hydrogens is 348 g/mol. The molecular formula is C23H30N4O. The Hall–Kier alpha value is -2.14. The van der Waals surface area contributed by atoms with E-state index in [1.165, 1.54) is 5.56 Å². The summed E-state index contributed by atoms with van der Waals surface area (Å²) < 4.78 is 2.22. The lowest BCUT2D eigenvalue weighted by atomic mass is 9.72. The Labute approximate surface area is 167 Å². The summed E-state index contributed by atoms with van der Waals surface area (Å²) in [7, 11) is 0. The maximum absolute atomic E-state index is 13.7. The number of aromatic nitrogens is 2. The lowest BCUT2D eigenvalue weighted by Crippen LogP contribution is -2.65. The van der Waals surface area contributed by atoms with E-state index in [9.17, 15) is 4.79 Å². The molecule has 2 aromatic rings. The van der Waals surface area contributed by atoms with Gasteiger partial charge in [-0.1, -0.05) is 44.2 Å². The second-order valence-corrected chi connectivity index (χ2v) is 9.45. The smallest absolute Gasteiger partial charge is 0.243 e. The van der Waals surface area contributed by atoms with Crippen molar-refractivity contribution >= 4 is 5.91 Å². The van der Waals surface area contributed by atoms with Gasteiger partial charge in [0.2, 0.25) is 5.91 Å². The monoisotopic (exact) mass is 378 g/mol. The number of rotatable bonds is 4. The molecule has 0 N–H and O–H groups in total. The molecule has 3 saturated heterocycles. The van der Waals surface area contributed by atoms with Crippen LogP contribution in [0.4, 0.5) is 0 Å². The van der Waals surface area contributed by atoms with Crippen LogP contribution in [0.1, 0.15) is 57.0 Å². The molecule has 0 aliphatic carbocycles. The maximum Gasteiger partial charge on any atom is 0.243 e. The van der Waals surface area contributed by atoms with Crippen LogP contribution in [-0.2, 0) is 11.3 Å². The van der Waals surface area contributed by atoms with Crippen LogP contribution in [-0.4, -0.2) is 50.4 Å². The van der Waals surface area contributed by atoms with Crippen LogP contribution in [0, 0.1) is 5.41 Å². The van der Waals surface area contributed by atoms with Gasteiger partial charge in [-0.05, 0) is 44.3 Å². The van der Waals surface area contributed by atoms with Gasteiger partial charge < -0.3 is 9.47 Å². The first-order valence-electron chi connectivity index (χ1n) is 10.6. The first-order valence-corrected chi connectivity index (χ1v) is 10.6. The quantitative estimate of drug-likeness (QED) is 0.818. The summed E-state index contributed by atoms with van der Waals surface area (Å²) in [6.45, 7) is 8.31. The number of benzene rings is 1. The Morgan fingerprint density at radius 3 is 2.54 bits per heavy atom. The predicted molar refractivity (Wildman–Crippen MR) is 109 cm³/mol. The molecule has 1 aromatic carbocycles. The molecule has 0 bridgehead atoms. The molecule has 5 rings (SSSR count). The third kappa shape index (κ3) is 2.63. The van der Waals surface area contributed by atoms with Gasteiger partial charge in [0, 0.05) is 30.9 Å². The van der Waals surface area contributed by atoms with E-state index in [4.69, 9.17) is 4.98 Å². The highest BCUT2D eigenvalue weighted by Crippen LogP contribution is 2.51. The van der Waals surface area contributed by atoms with Gasteiger partial charge in [0.25, 0.3) is 0 Å². The predicted octanol–water partition coefficient (Wildman–Crippen LogP) is 3.47. The van der Waals surface area contributed by atoms with Crippen molar-refractivity contribution in [3.05, 3.63) is 54.1 Å². The van der Waals surface area contributed by atoms with Gasteiger partial charge in [-0.3, -0.25) is 9.69 Å². The summed E-state index contributed by atoms with van der Waals surface area (Å²) in [6, 6.07) is 10.5. The minimum atomic E-state index is -0.231. The standard InChI is InChI=1S/C23H30N4O/c1-22(2)17-27(21(28)23-10-6-13-26(23)14-7-11-23)19(22)20-24-12-15-25(20)16-18-8-4-3-5-9-18/h3-5,8-9,12,15,19H,6-7,10-11,13-14,16-17H2,1-2H3. The molecule has 1 aromatic heterocycles. The topological polar surface area (TPSA) is 41.4 Å². The molecule has 5 heteroatoms. The van der Waals surface area contributed by atoms with Crippen molar-refractivity contribution in [3.8, 4) is 0 Å². The van der Waals surface area contributed by atoms with Crippen LogP contribution in [0.15, 0.2) is 42.7 Å². The van der Waals surface area contributed by atoms with Crippen LogP contribution in [0.25, 0.3) is 0 Å². The fraction of sp³-hybridized carbons (Fsp3) is 0.565. The van der Waals surface area contributed by atoms with E-state index in [1.54, 1.807) is 0 Å². The average molecular weight is 379 g/mol.